The highest BCUT2D eigenvalue weighted by Gasteiger charge is 2.24. The van der Waals surface area contributed by atoms with Gasteiger partial charge in [-0.1, -0.05) is 30.3 Å². The van der Waals surface area contributed by atoms with E-state index in [-0.39, 0.29) is 24.1 Å². The molecule has 3 aromatic rings. The monoisotopic (exact) mass is 392 g/mol. The predicted molar refractivity (Wildman–Crippen MR) is 110 cm³/mol. The van der Waals surface area contributed by atoms with Gasteiger partial charge in [0.15, 0.2) is 0 Å². The molecule has 0 bridgehead atoms. The molecule has 1 aliphatic rings. The van der Waals surface area contributed by atoms with Gasteiger partial charge in [0.1, 0.15) is 12.2 Å². The molecule has 1 N–H and O–H groups in total. The maximum atomic E-state index is 13.9. The minimum absolute atomic E-state index is 0.233. The molecule has 0 unspecified atom stereocenters. The van der Waals surface area contributed by atoms with E-state index in [1.165, 1.54) is 6.07 Å². The maximum Gasteiger partial charge on any atom is 0.233 e. The minimum atomic E-state index is -0.371. The highest BCUT2D eigenvalue weighted by molar-refractivity contribution is 6.07. The largest absolute Gasteiger partial charge is 0.366 e. The number of nitrogens with zero attached hydrogens (tertiary/aromatic N) is 3. The number of carbonyl (C=O) groups excluding carboxylic acids is 2. The molecule has 0 spiro atoms. The average molecular weight is 392 g/mol. The smallest absolute Gasteiger partial charge is 0.233 e. The van der Waals surface area contributed by atoms with E-state index >= 15 is 0 Å². The Bertz CT molecular complexity index is 1040. The van der Waals surface area contributed by atoms with Crippen molar-refractivity contribution in [2.45, 2.75) is 6.42 Å². The summed E-state index contributed by atoms with van der Waals surface area (Å²) < 4.78 is 13.9. The molecule has 1 aromatic heterocycles. The molecule has 148 valence electrons. The number of anilines is 2. The highest BCUT2D eigenvalue weighted by Crippen LogP contribution is 2.22. The fourth-order valence-corrected chi connectivity index (χ4v) is 3.55. The summed E-state index contributed by atoms with van der Waals surface area (Å²) in [6, 6.07) is 15.9. The first-order valence-corrected chi connectivity index (χ1v) is 9.52. The molecule has 0 atom stereocenters. The summed E-state index contributed by atoms with van der Waals surface area (Å²) in [5, 5.41) is 3.71. The van der Waals surface area contributed by atoms with E-state index in [4.69, 9.17) is 0 Å². The van der Waals surface area contributed by atoms with E-state index in [1.807, 2.05) is 29.2 Å². The number of hydrogen-bond donors (Lipinski definition) is 1. The van der Waals surface area contributed by atoms with Crippen molar-refractivity contribution in [3.63, 3.8) is 0 Å². The third-order valence-electron chi connectivity index (χ3n) is 5.04. The molecule has 2 aromatic carbocycles. The Morgan fingerprint density at radius 2 is 1.72 bits per heavy atom. The number of piperazine rings is 1. The van der Waals surface area contributed by atoms with Crippen molar-refractivity contribution in [2.24, 2.45) is 0 Å². The topological polar surface area (TPSA) is 65.5 Å². The molecular weight excluding hydrogens is 371 g/mol. The second-order valence-electron chi connectivity index (χ2n) is 6.92. The van der Waals surface area contributed by atoms with Gasteiger partial charge < -0.3 is 15.1 Å². The fourth-order valence-electron chi connectivity index (χ4n) is 3.55. The number of pyridine rings is 1. The van der Waals surface area contributed by atoms with Gasteiger partial charge in [-0.05, 0) is 24.3 Å². The Balaban J connectivity index is 1.34. The molecule has 6 nitrogen and oxygen atoms in total. The van der Waals surface area contributed by atoms with Crippen LogP contribution in [0.2, 0.25) is 0 Å². The van der Waals surface area contributed by atoms with E-state index in [2.05, 4.69) is 10.3 Å². The van der Waals surface area contributed by atoms with Crippen LogP contribution in [-0.2, 0) is 9.59 Å². The molecule has 1 aliphatic heterocycles. The Morgan fingerprint density at radius 1 is 0.966 bits per heavy atom. The number of halogens is 1. The van der Waals surface area contributed by atoms with Gasteiger partial charge in [0.25, 0.3) is 0 Å². The quantitative estimate of drug-likeness (QED) is 0.693. The van der Waals surface area contributed by atoms with Crippen LogP contribution < -0.4 is 10.2 Å². The standard InChI is InChI=1S/C22H21FN4O2/c23-17-7-1-2-9-19(17)26-11-13-27(14-12-26)21(29)15-20(28)25-18-8-3-5-16-6-4-10-24-22(16)18/h1-10H,11-15H2,(H,25,28). The van der Waals surface area contributed by atoms with E-state index < -0.39 is 0 Å². The lowest BCUT2D eigenvalue weighted by molar-refractivity contribution is -0.134. The van der Waals surface area contributed by atoms with Crippen molar-refractivity contribution in [1.29, 1.82) is 0 Å². The summed E-state index contributed by atoms with van der Waals surface area (Å²) in [6.45, 7) is 1.97. The Kier molecular flexibility index (Phi) is 5.37. The van der Waals surface area contributed by atoms with Gasteiger partial charge in [0, 0.05) is 37.8 Å². The lowest BCUT2D eigenvalue weighted by atomic mass is 10.2. The molecule has 7 heteroatoms. The van der Waals surface area contributed by atoms with Crippen LogP contribution in [0.4, 0.5) is 15.8 Å². The zero-order valence-corrected chi connectivity index (χ0v) is 15.8. The average Bonchev–Trinajstić information content (AvgIpc) is 2.74. The first-order chi connectivity index (χ1) is 14.1. The summed E-state index contributed by atoms with van der Waals surface area (Å²) in [7, 11) is 0. The highest BCUT2D eigenvalue weighted by atomic mass is 19.1. The Labute approximate surface area is 167 Å². The molecule has 29 heavy (non-hydrogen) atoms. The SMILES string of the molecule is O=C(CC(=O)N1CCN(c2ccccc2F)CC1)Nc1cccc2cccnc12. The van der Waals surface area contributed by atoms with Crippen LogP contribution >= 0.6 is 0 Å². The van der Waals surface area contributed by atoms with Crippen LogP contribution in [0.1, 0.15) is 6.42 Å². The Hall–Kier alpha value is -3.48. The summed E-state index contributed by atoms with van der Waals surface area (Å²) in [5.41, 5.74) is 1.82. The van der Waals surface area contributed by atoms with Crippen molar-refractivity contribution in [1.82, 2.24) is 9.88 Å². The molecule has 4 rings (SSSR count). The molecule has 0 aliphatic carbocycles. The van der Waals surface area contributed by atoms with Crippen molar-refractivity contribution < 1.29 is 14.0 Å². The van der Waals surface area contributed by atoms with Crippen LogP contribution in [0.15, 0.2) is 60.8 Å². The number of nitrogens with one attached hydrogen (secondary N) is 1. The number of benzene rings is 2. The van der Waals surface area contributed by atoms with Gasteiger partial charge >= 0.3 is 0 Å². The number of hydrogen-bond acceptors (Lipinski definition) is 4. The molecular formula is C22H21FN4O2. The summed E-state index contributed by atoms with van der Waals surface area (Å²) in [4.78, 5) is 32.8. The number of carbonyl (C=O) groups is 2. The third kappa shape index (κ3) is 4.18. The number of amides is 2. The molecule has 0 radical (unpaired) electrons. The minimum Gasteiger partial charge on any atom is -0.366 e. The summed E-state index contributed by atoms with van der Waals surface area (Å²) in [6.07, 6.45) is 1.43. The molecule has 2 amide bonds. The van der Waals surface area contributed by atoms with Gasteiger partial charge in [0.05, 0.1) is 16.9 Å². The molecule has 1 saturated heterocycles. The number of fused-ring (bicyclic) bond motifs is 1. The van der Waals surface area contributed by atoms with Gasteiger partial charge in [-0.25, -0.2) is 4.39 Å². The van der Waals surface area contributed by atoms with Crippen molar-refractivity contribution >= 4 is 34.1 Å². The zero-order chi connectivity index (χ0) is 20.2. The lowest BCUT2D eigenvalue weighted by Crippen LogP contribution is -2.49. The number of para-hydroxylation sites is 2. The van der Waals surface area contributed by atoms with Crippen LogP contribution in [0.5, 0.6) is 0 Å². The zero-order valence-electron chi connectivity index (χ0n) is 15.8. The summed E-state index contributed by atoms with van der Waals surface area (Å²) >= 11 is 0. The van der Waals surface area contributed by atoms with Crippen LogP contribution in [0.25, 0.3) is 10.9 Å². The van der Waals surface area contributed by atoms with E-state index in [0.29, 0.717) is 43.1 Å². The van der Waals surface area contributed by atoms with Crippen molar-refractivity contribution in [3.8, 4) is 0 Å². The number of rotatable bonds is 4. The first kappa shape index (κ1) is 18.9. The van der Waals surface area contributed by atoms with Crippen molar-refractivity contribution in [3.05, 3.63) is 66.6 Å². The lowest BCUT2D eigenvalue weighted by Gasteiger charge is -2.36. The molecule has 1 fully saturated rings. The van der Waals surface area contributed by atoms with Gasteiger partial charge in [0.2, 0.25) is 11.8 Å². The third-order valence-corrected chi connectivity index (χ3v) is 5.04. The second kappa shape index (κ2) is 8.26. The predicted octanol–water partition coefficient (Wildman–Crippen LogP) is 3.05. The first-order valence-electron chi connectivity index (χ1n) is 9.52. The van der Waals surface area contributed by atoms with Crippen LogP contribution in [-0.4, -0.2) is 47.9 Å². The summed E-state index contributed by atoms with van der Waals surface area (Å²) in [5.74, 6) is -0.871. The van der Waals surface area contributed by atoms with E-state index in [0.717, 1.165) is 5.39 Å². The number of aromatic nitrogens is 1. The van der Waals surface area contributed by atoms with Gasteiger partial charge in [-0.15, -0.1) is 0 Å². The van der Waals surface area contributed by atoms with Gasteiger partial charge in [-0.2, -0.15) is 0 Å². The molecule has 2 heterocycles. The van der Waals surface area contributed by atoms with Crippen molar-refractivity contribution in [2.75, 3.05) is 36.4 Å². The van der Waals surface area contributed by atoms with E-state index in [1.54, 1.807) is 35.4 Å². The second-order valence-corrected chi connectivity index (χ2v) is 6.92. The fraction of sp³-hybridized carbons (Fsp3) is 0.227. The van der Waals surface area contributed by atoms with Crippen LogP contribution in [0.3, 0.4) is 0 Å². The van der Waals surface area contributed by atoms with E-state index in [9.17, 15) is 14.0 Å². The normalized spacial score (nSPS) is 14.1. The van der Waals surface area contributed by atoms with Gasteiger partial charge in [-0.3, -0.25) is 14.6 Å². The molecule has 0 saturated carbocycles. The van der Waals surface area contributed by atoms with Crippen LogP contribution in [0, 0.1) is 5.82 Å². The Morgan fingerprint density at radius 3 is 2.52 bits per heavy atom. The maximum absolute atomic E-state index is 13.9.